The second-order valence-electron chi connectivity index (χ2n) is 4.02. The van der Waals surface area contributed by atoms with Gasteiger partial charge < -0.3 is 5.32 Å². The lowest BCUT2D eigenvalue weighted by molar-refractivity contribution is 0.494. The summed E-state index contributed by atoms with van der Waals surface area (Å²) in [6.07, 6.45) is 3.34. The molecule has 0 bridgehead atoms. The van der Waals surface area contributed by atoms with Crippen LogP contribution in [-0.2, 0) is 0 Å². The normalized spacial score (nSPS) is 14.7. The molecule has 0 heterocycles. The van der Waals surface area contributed by atoms with Gasteiger partial charge in [0.25, 0.3) is 0 Å². The van der Waals surface area contributed by atoms with E-state index in [0.29, 0.717) is 12.0 Å². The van der Waals surface area contributed by atoms with Crippen molar-refractivity contribution in [2.75, 3.05) is 11.6 Å². The molecule has 0 saturated carbocycles. The Bertz CT molecular complexity index is 298. The summed E-state index contributed by atoms with van der Waals surface area (Å²) in [6.45, 7) is 6.79. The van der Waals surface area contributed by atoms with Crippen LogP contribution in [0.5, 0.6) is 0 Å². The molecule has 0 fully saturated rings. The maximum atomic E-state index is 3.59. The van der Waals surface area contributed by atoms with Crippen molar-refractivity contribution in [3.05, 3.63) is 24.3 Å². The molecule has 0 radical (unpaired) electrons. The highest BCUT2D eigenvalue weighted by atomic mass is 32.2. The fourth-order valence-electron chi connectivity index (χ4n) is 1.50. The summed E-state index contributed by atoms with van der Waals surface area (Å²) in [5.74, 6) is 0.708. The van der Waals surface area contributed by atoms with Crippen LogP contribution in [0, 0.1) is 5.92 Å². The van der Waals surface area contributed by atoms with Crippen LogP contribution in [0.1, 0.15) is 27.2 Å². The predicted octanol–water partition coefficient (Wildman–Crippen LogP) is 4.26. The highest BCUT2D eigenvalue weighted by molar-refractivity contribution is 7.98. The minimum absolute atomic E-state index is 0.531. The van der Waals surface area contributed by atoms with Crippen molar-refractivity contribution in [2.45, 2.75) is 38.1 Å². The van der Waals surface area contributed by atoms with E-state index in [1.54, 1.807) is 11.8 Å². The maximum absolute atomic E-state index is 3.59. The van der Waals surface area contributed by atoms with Gasteiger partial charge in [0.15, 0.2) is 0 Å². The molecule has 84 valence electrons. The molecule has 0 unspecified atom stereocenters. The Kier molecular flexibility index (Phi) is 5.03. The highest BCUT2D eigenvalue weighted by Crippen LogP contribution is 2.26. The van der Waals surface area contributed by atoms with Gasteiger partial charge in [-0.1, -0.05) is 32.4 Å². The molecule has 1 aromatic rings. The molecule has 0 aliphatic heterocycles. The molecular formula is C13H21NS. The van der Waals surface area contributed by atoms with Crippen molar-refractivity contribution in [3.8, 4) is 0 Å². The molecule has 2 heteroatoms. The van der Waals surface area contributed by atoms with E-state index < -0.39 is 0 Å². The lowest BCUT2D eigenvalue weighted by Gasteiger charge is -2.22. The maximum Gasteiger partial charge on any atom is 0.0480 e. The number of thioether (sulfide) groups is 1. The van der Waals surface area contributed by atoms with Crippen LogP contribution in [-0.4, -0.2) is 12.3 Å². The van der Waals surface area contributed by atoms with Crippen LogP contribution in [0.4, 0.5) is 5.69 Å². The average Bonchev–Trinajstić information content (AvgIpc) is 2.28. The van der Waals surface area contributed by atoms with Crippen molar-refractivity contribution < 1.29 is 0 Å². The molecule has 1 rings (SSSR count). The van der Waals surface area contributed by atoms with Crippen LogP contribution in [0.3, 0.4) is 0 Å². The zero-order chi connectivity index (χ0) is 11.3. The van der Waals surface area contributed by atoms with Crippen molar-refractivity contribution in [1.29, 1.82) is 0 Å². The molecule has 0 aliphatic carbocycles. The average molecular weight is 223 g/mol. The van der Waals surface area contributed by atoms with Crippen LogP contribution in [0.15, 0.2) is 29.2 Å². The fraction of sp³-hybridized carbons (Fsp3) is 0.538. The van der Waals surface area contributed by atoms with Crippen LogP contribution >= 0.6 is 11.8 Å². The summed E-state index contributed by atoms with van der Waals surface area (Å²) in [6, 6.07) is 9.03. The molecular weight excluding hydrogens is 202 g/mol. The van der Waals surface area contributed by atoms with E-state index in [4.69, 9.17) is 0 Å². The Balaban J connectivity index is 2.71. The van der Waals surface area contributed by atoms with Crippen LogP contribution in [0.2, 0.25) is 0 Å². The summed E-state index contributed by atoms with van der Waals surface area (Å²) >= 11 is 1.79. The van der Waals surface area contributed by atoms with Gasteiger partial charge in [0.2, 0.25) is 0 Å². The van der Waals surface area contributed by atoms with E-state index in [-0.39, 0.29) is 0 Å². The van der Waals surface area contributed by atoms with Gasteiger partial charge in [0.1, 0.15) is 0 Å². The Labute approximate surface area is 97.7 Å². The van der Waals surface area contributed by atoms with Gasteiger partial charge in [-0.2, -0.15) is 0 Å². The van der Waals surface area contributed by atoms with E-state index in [9.17, 15) is 0 Å². The summed E-state index contributed by atoms with van der Waals surface area (Å²) < 4.78 is 0. The molecule has 0 amide bonds. The fourth-order valence-corrected chi connectivity index (χ4v) is 2.07. The molecule has 1 aromatic carbocycles. The lowest BCUT2D eigenvalue weighted by Crippen LogP contribution is -2.23. The lowest BCUT2D eigenvalue weighted by atomic mass is 10.0. The second kappa shape index (κ2) is 6.06. The smallest absolute Gasteiger partial charge is 0.0480 e. The largest absolute Gasteiger partial charge is 0.381 e. The predicted molar refractivity (Wildman–Crippen MR) is 70.8 cm³/mol. The van der Waals surface area contributed by atoms with E-state index in [2.05, 4.69) is 56.6 Å². The van der Waals surface area contributed by atoms with E-state index in [1.807, 2.05) is 0 Å². The van der Waals surface area contributed by atoms with Gasteiger partial charge in [0, 0.05) is 16.6 Å². The summed E-state index contributed by atoms with van der Waals surface area (Å²) in [5, 5.41) is 3.59. The van der Waals surface area contributed by atoms with Crippen molar-refractivity contribution >= 4 is 17.4 Å². The van der Waals surface area contributed by atoms with Crippen molar-refractivity contribution in [3.63, 3.8) is 0 Å². The SMILES string of the molecule is CC[C@H](C)[C@@H](C)Nc1ccccc1SC. The van der Waals surface area contributed by atoms with Gasteiger partial charge in [-0.25, -0.2) is 0 Å². The molecule has 1 nitrogen and oxygen atoms in total. The number of para-hydroxylation sites is 1. The summed E-state index contributed by atoms with van der Waals surface area (Å²) in [5.41, 5.74) is 1.26. The molecule has 15 heavy (non-hydrogen) atoms. The second-order valence-corrected chi connectivity index (χ2v) is 4.87. The Morgan fingerprint density at radius 1 is 1.27 bits per heavy atom. The van der Waals surface area contributed by atoms with Gasteiger partial charge in [-0.15, -0.1) is 11.8 Å². The Morgan fingerprint density at radius 2 is 1.93 bits per heavy atom. The zero-order valence-corrected chi connectivity index (χ0v) is 10.9. The van der Waals surface area contributed by atoms with Gasteiger partial charge in [-0.05, 0) is 31.2 Å². The van der Waals surface area contributed by atoms with Gasteiger partial charge >= 0.3 is 0 Å². The molecule has 0 aliphatic rings. The molecule has 2 atom stereocenters. The van der Waals surface area contributed by atoms with Crippen LogP contribution < -0.4 is 5.32 Å². The van der Waals surface area contributed by atoms with E-state index >= 15 is 0 Å². The Morgan fingerprint density at radius 3 is 2.53 bits per heavy atom. The number of hydrogen-bond donors (Lipinski definition) is 1. The molecule has 1 N–H and O–H groups in total. The number of rotatable bonds is 5. The third-order valence-electron chi connectivity index (χ3n) is 2.99. The number of hydrogen-bond acceptors (Lipinski definition) is 2. The molecule has 0 aromatic heterocycles. The first-order valence-electron chi connectivity index (χ1n) is 5.58. The van der Waals surface area contributed by atoms with Gasteiger partial charge in [-0.3, -0.25) is 0 Å². The number of nitrogens with one attached hydrogen (secondary N) is 1. The Hall–Kier alpha value is -0.630. The highest BCUT2D eigenvalue weighted by Gasteiger charge is 2.10. The minimum atomic E-state index is 0.531. The van der Waals surface area contributed by atoms with Crippen molar-refractivity contribution in [2.24, 2.45) is 5.92 Å². The monoisotopic (exact) mass is 223 g/mol. The topological polar surface area (TPSA) is 12.0 Å². The number of benzene rings is 1. The third kappa shape index (κ3) is 3.45. The zero-order valence-electron chi connectivity index (χ0n) is 10.1. The minimum Gasteiger partial charge on any atom is -0.381 e. The first kappa shape index (κ1) is 12.4. The summed E-state index contributed by atoms with van der Waals surface area (Å²) in [7, 11) is 0. The van der Waals surface area contributed by atoms with E-state index in [1.165, 1.54) is 17.0 Å². The first-order valence-corrected chi connectivity index (χ1v) is 6.81. The van der Waals surface area contributed by atoms with Gasteiger partial charge in [0.05, 0.1) is 0 Å². The summed E-state index contributed by atoms with van der Waals surface area (Å²) in [4.78, 5) is 1.33. The first-order chi connectivity index (χ1) is 7.19. The number of anilines is 1. The van der Waals surface area contributed by atoms with Crippen molar-refractivity contribution in [1.82, 2.24) is 0 Å². The quantitative estimate of drug-likeness (QED) is 0.749. The molecule has 0 saturated heterocycles. The third-order valence-corrected chi connectivity index (χ3v) is 3.78. The van der Waals surface area contributed by atoms with Crippen LogP contribution in [0.25, 0.3) is 0 Å². The standard InChI is InChI=1S/C13H21NS/c1-5-10(2)11(3)14-12-8-6-7-9-13(12)15-4/h6-11,14H,5H2,1-4H3/t10-,11+/m0/s1. The van der Waals surface area contributed by atoms with E-state index in [0.717, 1.165) is 0 Å². The molecule has 0 spiro atoms.